The monoisotopic (exact) mass is 248 g/mol. The van der Waals surface area contributed by atoms with E-state index in [0.717, 1.165) is 0 Å². The lowest BCUT2D eigenvalue weighted by molar-refractivity contribution is -0.169. The normalized spacial score (nSPS) is 24.3. The van der Waals surface area contributed by atoms with Crippen LogP contribution >= 0.6 is 10.7 Å². The lowest BCUT2D eigenvalue weighted by Gasteiger charge is -2.46. The Bertz CT molecular complexity index is 307. The minimum atomic E-state index is -3.76. The van der Waals surface area contributed by atoms with E-state index >= 15 is 0 Å². The third-order valence-corrected chi connectivity index (χ3v) is 3.48. The van der Waals surface area contributed by atoms with Crippen molar-refractivity contribution >= 4 is 19.7 Å². The molecule has 1 aliphatic carbocycles. The Labute approximate surface area is 85.8 Å². The molecular formula is C7H11ClF2O3S. The molecule has 0 aromatic rings. The van der Waals surface area contributed by atoms with Gasteiger partial charge in [0.1, 0.15) is 0 Å². The average molecular weight is 249 g/mol. The summed E-state index contributed by atoms with van der Waals surface area (Å²) >= 11 is 0. The van der Waals surface area contributed by atoms with Gasteiger partial charge in [-0.2, -0.15) is 0 Å². The fourth-order valence-electron chi connectivity index (χ4n) is 1.96. The molecule has 1 fully saturated rings. The molecule has 0 heterocycles. The zero-order valence-corrected chi connectivity index (χ0v) is 9.17. The maximum absolute atomic E-state index is 12.6. The van der Waals surface area contributed by atoms with E-state index < -0.39 is 39.0 Å². The third kappa shape index (κ3) is 3.03. The molecule has 0 aromatic heterocycles. The molecule has 0 unspecified atom stereocenters. The molecule has 1 saturated carbocycles. The first kappa shape index (κ1) is 12.1. The minimum absolute atomic E-state index is 0.00542. The van der Waals surface area contributed by atoms with E-state index in [1.165, 1.54) is 7.11 Å². The molecule has 0 atom stereocenters. The van der Waals surface area contributed by atoms with E-state index in [0.29, 0.717) is 0 Å². The summed E-state index contributed by atoms with van der Waals surface area (Å²) in [4.78, 5) is 0. The van der Waals surface area contributed by atoms with Crippen LogP contribution in [0.2, 0.25) is 0 Å². The lowest BCUT2D eigenvalue weighted by atomic mass is 9.68. The summed E-state index contributed by atoms with van der Waals surface area (Å²) in [5.41, 5.74) is -1.00. The van der Waals surface area contributed by atoms with Gasteiger partial charge < -0.3 is 4.74 Å². The van der Waals surface area contributed by atoms with E-state index in [9.17, 15) is 17.2 Å². The van der Waals surface area contributed by atoms with Gasteiger partial charge in [-0.05, 0) is 0 Å². The van der Waals surface area contributed by atoms with Gasteiger partial charge in [0.25, 0.3) is 0 Å². The van der Waals surface area contributed by atoms with Crippen LogP contribution in [0.15, 0.2) is 0 Å². The number of hydrogen-bond acceptors (Lipinski definition) is 3. The van der Waals surface area contributed by atoms with Crippen molar-refractivity contribution in [1.82, 2.24) is 0 Å². The first-order valence-electron chi connectivity index (χ1n) is 3.97. The topological polar surface area (TPSA) is 43.4 Å². The van der Waals surface area contributed by atoms with Crippen LogP contribution in [-0.4, -0.2) is 33.8 Å². The van der Waals surface area contributed by atoms with Crippen LogP contribution in [-0.2, 0) is 13.8 Å². The van der Waals surface area contributed by atoms with Gasteiger partial charge in [-0.3, -0.25) is 0 Å². The summed E-state index contributed by atoms with van der Waals surface area (Å²) in [5.74, 6) is -3.23. The summed E-state index contributed by atoms with van der Waals surface area (Å²) in [6, 6.07) is 0. The Morgan fingerprint density at radius 1 is 1.43 bits per heavy atom. The average Bonchev–Trinajstić information content (AvgIpc) is 1.77. The zero-order valence-electron chi connectivity index (χ0n) is 7.60. The molecule has 0 saturated heterocycles. The fraction of sp³-hybridized carbons (Fsp3) is 1.00. The first-order chi connectivity index (χ1) is 6.18. The second-order valence-electron chi connectivity index (χ2n) is 3.83. The van der Waals surface area contributed by atoms with Gasteiger partial charge in [-0.25, -0.2) is 17.2 Å². The number of halogens is 3. The van der Waals surface area contributed by atoms with Crippen LogP contribution in [0.1, 0.15) is 12.8 Å². The first-order valence-corrected chi connectivity index (χ1v) is 6.45. The van der Waals surface area contributed by atoms with Crippen molar-refractivity contribution < 1.29 is 21.9 Å². The highest BCUT2D eigenvalue weighted by atomic mass is 35.7. The van der Waals surface area contributed by atoms with Gasteiger partial charge in [0, 0.05) is 36.0 Å². The Balaban J connectivity index is 2.68. The van der Waals surface area contributed by atoms with Gasteiger partial charge in [0.05, 0.1) is 12.4 Å². The molecule has 0 N–H and O–H groups in total. The highest BCUT2D eigenvalue weighted by Gasteiger charge is 2.57. The van der Waals surface area contributed by atoms with E-state index in [1.54, 1.807) is 0 Å². The standard InChI is InChI=1S/C7H11ClF2O3S/c1-13-4-6(5-14(8,11)12)2-7(9,10)3-6/h2-5H2,1H3. The van der Waals surface area contributed by atoms with Crippen molar-refractivity contribution in [2.24, 2.45) is 5.41 Å². The predicted octanol–water partition coefficient (Wildman–Crippen LogP) is 1.62. The lowest BCUT2D eigenvalue weighted by Crippen LogP contribution is -2.52. The second-order valence-corrected chi connectivity index (χ2v) is 6.60. The van der Waals surface area contributed by atoms with Crippen LogP contribution < -0.4 is 0 Å². The summed E-state index contributed by atoms with van der Waals surface area (Å²) in [7, 11) is 2.62. The highest BCUT2D eigenvalue weighted by molar-refractivity contribution is 8.13. The highest BCUT2D eigenvalue weighted by Crippen LogP contribution is 2.53. The number of ether oxygens (including phenoxy) is 1. The maximum Gasteiger partial charge on any atom is 0.249 e. The molecule has 3 nitrogen and oxygen atoms in total. The van der Waals surface area contributed by atoms with Crippen LogP contribution in [0.5, 0.6) is 0 Å². The summed E-state index contributed by atoms with van der Waals surface area (Å²) < 4.78 is 51.6. The van der Waals surface area contributed by atoms with E-state index in [1.807, 2.05) is 0 Å². The summed E-state index contributed by atoms with van der Waals surface area (Å²) in [5, 5.41) is 0. The van der Waals surface area contributed by atoms with E-state index in [-0.39, 0.29) is 6.61 Å². The van der Waals surface area contributed by atoms with Crippen molar-refractivity contribution in [1.29, 1.82) is 0 Å². The van der Waals surface area contributed by atoms with Gasteiger partial charge in [-0.15, -0.1) is 0 Å². The molecule has 0 spiro atoms. The Hall–Kier alpha value is 0.0600. The molecule has 7 heteroatoms. The van der Waals surface area contributed by atoms with Crippen molar-refractivity contribution in [3.05, 3.63) is 0 Å². The molecule has 0 aliphatic heterocycles. The maximum atomic E-state index is 12.6. The van der Waals surface area contributed by atoms with Crippen molar-refractivity contribution in [3.8, 4) is 0 Å². The van der Waals surface area contributed by atoms with Gasteiger partial charge >= 0.3 is 0 Å². The van der Waals surface area contributed by atoms with Crippen molar-refractivity contribution in [2.45, 2.75) is 18.8 Å². The Morgan fingerprint density at radius 2 is 1.93 bits per heavy atom. The minimum Gasteiger partial charge on any atom is -0.384 e. The Morgan fingerprint density at radius 3 is 2.21 bits per heavy atom. The van der Waals surface area contributed by atoms with Gasteiger partial charge in [0.2, 0.25) is 15.0 Å². The fourth-order valence-corrected chi connectivity index (χ4v) is 3.68. The number of alkyl halides is 2. The second kappa shape index (κ2) is 3.57. The summed E-state index contributed by atoms with van der Waals surface area (Å²) in [6.45, 7) is -0.00542. The third-order valence-electron chi connectivity index (χ3n) is 2.20. The SMILES string of the molecule is COCC1(CS(=O)(=O)Cl)CC(F)(F)C1. The summed E-state index contributed by atoms with van der Waals surface area (Å²) in [6.07, 6.45) is -0.945. The molecule has 1 rings (SSSR count). The molecule has 1 aliphatic rings. The van der Waals surface area contributed by atoms with Crippen LogP contribution in [0.3, 0.4) is 0 Å². The Kier molecular flexibility index (Phi) is 3.10. The van der Waals surface area contributed by atoms with Crippen molar-refractivity contribution in [2.75, 3.05) is 19.5 Å². The molecule has 0 radical (unpaired) electrons. The van der Waals surface area contributed by atoms with Crippen LogP contribution in [0.25, 0.3) is 0 Å². The molecule has 0 bridgehead atoms. The molecule has 0 aromatic carbocycles. The molecule has 84 valence electrons. The van der Waals surface area contributed by atoms with Crippen molar-refractivity contribution in [3.63, 3.8) is 0 Å². The van der Waals surface area contributed by atoms with E-state index in [4.69, 9.17) is 15.4 Å². The number of rotatable bonds is 4. The quantitative estimate of drug-likeness (QED) is 0.710. The van der Waals surface area contributed by atoms with Crippen LogP contribution in [0.4, 0.5) is 8.78 Å². The number of hydrogen-bond donors (Lipinski definition) is 0. The number of methoxy groups -OCH3 is 1. The predicted molar refractivity (Wildman–Crippen MR) is 48.1 cm³/mol. The van der Waals surface area contributed by atoms with Crippen LogP contribution in [0, 0.1) is 5.41 Å². The molecule has 0 amide bonds. The van der Waals surface area contributed by atoms with E-state index in [2.05, 4.69) is 0 Å². The smallest absolute Gasteiger partial charge is 0.249 e. The molecular weight excluding hydrogens is 238 g/mol. The van der Waals surface area contributed by atoms with Gasteiger partial charge in [-0.1, -0.05) is 0 Å². The largest absolute Gasteiger partial charge is 0.384 e. The zero-order chi connectivity index (χ0) is 11.0. The van der Waals surface area contributed by atoms with Gasteiger partial charge in [0.15, 0.2) is 0 Å². The molecule has 14 heavy (non-hydrogen) atoms.